The molecule has 0 saturated heterocycles. The van der Waals surface area contributed by atoms with Crippen LogP contribution < -0.4 is 10.1 Å². The molecule has 0 heterocycles. The first-order valence-corrected chi connectivity index (χ1v) is 8.31. The second-order valence-corrected chi connectivity index (χ2v) is 6.99. The molecule has 110 valence electrons. The van der Waals surface area contributed by atoms with Crippen molar-refractivity contribution < 1.29 is 9.84 Å². The fourth-order valence-electron chi connectivity index (χ4n) is 2.71. The fourth-order valence-corrected chi connectivity index (χ4v) is 3.25. The van der Waals surface area contributed by atoms with Crippen LogP contribution in [0.3, 0.4) is 0 Å². The second-order valence-electron chi connectivity index (χ2n) is 6.14. The molecule has 0 aliphatic heterocycles. The molecule has 0 aromatic heterocycles. The lowest BCUT2D eigenvalue weighted by Gasteiger charge is -2.22. The van der Waals surface area contributed by atoms with E-state index in [0.717, 1.165) is 48.5 Å². The maximum atomic E-state index is 10.3. The monoisotopic (exact) mass is 339 g/mol. The van der Waals surface area contributed by atoms with Crippen molar-refractivity contribution in [2.24, 2.45) is 0 Å². The average molecular weight is 340 g/mol. The summed E-state index contributed by atoms with van der Waals surface area (Å²) in [5, 5.41) is 13.8. The predicted molar refractivity (Wildman–Crippen MR) is 82.9 cm³/mol. The van der Waals surface area contributed by atoms with Crippen LogP contribution in [0.25, 0.3) is 0 Å². The second kappa shape index (κ2) is 6.04. The molecule has 1 aromatic carbocycles. The van der Waals surface area contributed by atoms with Crippen LogP contribution in [0.15, 0.2) is 22.7 Å². The minimum absolute atomic E-state index is 0.394. The van der Waals surface area contributed by atoms with Gasteiger partial charge in [0.2, 0.25) is 0 Å². The zero-order valence-electron chi connectivity index (χ0n) is 11.7. The number of halogens is 1. The van der Waals surface area contributed by atoms with E-state index in [2.05, 4.69) is 33.4 Å². The summed E-state index contributed by atoms with van der Waals surface area (Å²) >= 11 is 3.56. The number of hydrogen-bond donors (Lipinski definition) is 2. The van der Waals surface area contributed by atoms with E-state index < -0.39 is 5.60 Å². The lowest BCUT2D eigenvalue weighted by atomic mass is 10.0. The molecule has 0 atom stereocenters. The van der Waals surface area contributed by atoms with Crippen molar-refractivity contribution in [1.82, 2.24) is 5.32 Å². The molecule has 1 aromatic rings. The summed E-state index contributed by atoms with van der Waals surface area (Å²) in [5.41, 5.74) is 0.641. The molecular formula is C16H22BrNO2. The minimum atomic E-state index is -0.619. The summed E-state index contributed by atoms with van der Waals surface area (Å²) in [4.78, 5) is 0. The van der Waals surface area contributed by atoms with E-state index in [0.29, 0.717) is 6.61 Å². The van der Waals surface area contributed by atoms with Gasteiger partial charge in [0.05, 0.1) is 10.1 Å². The number of hydrogen-bond acceptors (Lipinski definition) is 3. The van der Waals surface area contributed by atoms with Gasteiger partial charge >= 0.3 is 0 Å². The lowest BCUT2D eigenvalue weighted by molar-refractivity contribution is 0.00118. The Bertz CT molecular complexity index is 468. The van der Waals surface area contributed by atoms with E-state index in [1.54, 1.807) is 0 Å². The van der Waals surface area contributed by atoms with E-state index in [1.165, 1.54) is 18.4 Å². The van der Waals surface area contributed by atoms with Crippen molar-refractivity contribution in [2.45, 2.75) is 56.7 Å². The Hall–Kier alpha value is -0.580. The van der Waals surface area contributed by atoms with Crippen molar-refractivity contribution >= 4 is 15.9 Å². The molecular weight excluding hydrogens is 318 g/mol. The topological polar surface area (TPSA) is 41.5 Å². The molecule has 3 rings (SSSR count). The van der Waals surface area contributed by atoms with Crippen LogP contribution in [-0.4, -0.2) is 23.4 Å². The third kappa shape index (κ3) is 3.74. The molecule has 20 heavy (non-hydrogen) atoms. The van der Waals surface area contributed by atoms with Crippen molar-refractivity contribution in [2.75, 3.05) is 6.61 Å². The lowest BCUT2D eigenvalue weighted by Crippen LogP contribution is -2.32. The van der Waals surface area contributed by atoms with Gasteiger partial charge in [-0.2, -0.15) is 0 Å². The average Bonchev–Trinajstić information content (AvgIpc) is 3.17. The van der Waals surface area contributed by atoms with Gasteiger partial charge in [-0.1, -0.05) is 18.9 Å². The van der Waals surface area contributed by atoms with Gasteiger partial charge in [0.25, 0.3) is 0 Å². The molecule has 2 aliphatic rings. The summed E-state index contributed by atoms with van der Waals surface area (Å²) in [6, 6.07) is 6.91. The SMILES string of the molecule is OC1(COc2ccc(CNC3CC3)cc2Br)CCCC1. The van der Waals surface area contributed by atoms with Crippen LogP contribution in [-0.2, 0) is 6.54 Å². The highest BCUT2D eigenvalue weighted by Crippen LogP contribution is 2.32. The van der Waals surface area contributed by atoms with E-state index in [9.17, 15) is 5.11 Å². The molecule has 0 amide bonds. The Morgan fingerprint density at radius 2 is 2.05 bits per heavy atom. The number of nitrogens with one attached hydrogen (secondary N) is 1. The van der Waals surface area contributed by atoms with E-state index >= 15 is 0 Å². The van der Waals surface area contributed by atoms with Gasteiger partial charge in [-0.15, -0.1) is 0 Å². The van der Waals surface area contributed by atoms with Crippen LogP contribution in [0.1, 0.15) is 44.1 Å². The van der Waals surface area contributed by atoms with Crippen LogP contribution in [0.5, 0.6) is 5.75 Å². The van der Waals surface area contributed by atoms with Crippen LogP contribution in [0.2, 0.25) is 0 Å². The van der Waals surface area contributed by atoms with Crippen molar-refractivity contribution in [3.8, 4) is 5.75 Å². The van der Waals surface area contributed by atoms with Gasteiger partial charge in [0.1, 0.15) is 12.4 Å². The zero-order valence-corrected chi connectivity index (χ0v) is 13.3. The number of ether oxygens (including phenoxy) is 1. The standard InChI is InChI=1S/C16H22BrNO2/c17-14-9-12(10-18-13-4-5-13)3-6-15(14)20-11-16(19)7-1-2-8-16/h3,6,9,13,18-19H,1-2,4-5,7-8,10-11H2. The smallest absolute Gasteiger partial charge is 0.133 e. The first-order valence-electron chi connectivity index (χ1n) is 7.52. The highest BCUT2D eigenvalue weighted by molar-refractivity contribution is 9.10. The Kier molecular flexibility index (Phi) is 4.34. The highest BCUT2D eigenvalue weighted by atomic mass is 79.9. The van der Waals surface area contributed by atoms with E-state index in [4.69, 9.17) is 4.74 Å². The van der Waals surface area contributed by atoms with E-state index in [-0.39, 0.29) is 0 Å². The quantitative estimate of drug-likeness (QED) is 0.834. The number of benzene rings is 1. The molecule has 2 aliphatic carbocycles. The maximum Gasteiger partial charge on any atom is 0.133 e. The minimum Gasteiger partial charge on any atom is -0.489 e. The van der Waals surface area contributed by atoms with E-state index in [1.807, 2.05) is 6.07 Å². The fraction of sp³-hybridized carbons (Fsp3) is 0.625. The van der Waals surface area contributed by atoms with Crippen molar-refractivity contribution in [1.29, 1.82) is 0 Å². The molecule has 2 N–H and O–H groups in total. The van der Waals surface area contributed by atoms with Gasteiger partial charge in [-0.05, 0) is 59.3 Å². The molecule has 0 radical (unpaired) electrons. The van der Waals surface area contributed by atoms with Crippen LogP contribution >= 0.6 is 15.9 Å². The molecule has 2 fully saturated rings. The molecule has 0 spiro atoms. The van der Waals surface area contributed by atoms with Gasteiger partial charge in [-0.25, -0.2) is 0 Å². The van der Waals surface area contributed by atoms with Crippen molar-refractivity contribution in [3.63, 3.8) is 0 Å². The molecule has 4 heteroatoms. The molecule has 0 unspecified atom stereocenters. The maximum absolute atomic E-state index is 10.3. The molecule has 0 bridgehead atoms. The predicted octanol–water partition coefficient (Wildman–Crippen LogP) is 3.39. The summed E-state index contributed by atoms with van der Waals surface area (Å²) in [6.45, 7) is 1.30. The third-order valence-electron chi connectivity index (χ3n) is 4.20. The normalized spacial score (nSPS) is 21.1. The van der Waals surface area contributed by atoms with Gasteiger partial charge in [0.15, 0.2) is 0 Å². The third-order valence-corrected chi connectivity index (χ3v) is 4.82. The Balaban J connectivity index is 1.55. The number of rotatable bonds is 6. The Morgan fingerprint density at radius 3 is 2.70 bits per heavy atom. The summed E-state index contributed by atoms with van der Waals surface area (Å²) in [5.74, 6) is 0.820. The summed E-state index contributed by atoms with van der Waals surface area (Å²) in [6.07, 6.45) is 6.53. The first kappa shape index (κ1) is 14.4. The molecule has 3 nitrogen and oxygen atoms in total. The largest absolute Gasteiger partial charge is 0.489 e. The van der Waals surface area contributed by atoms with Crippen LogP contribution in [0.4, 0.5) is 0 Å². The first-order chi connectivity index (χ1) is 9.65. The van der Waals surface area contributed by atoms with Gasteiger partial charge < -0.3 is 15.2 Å². The van der Waals surface area contributed by atoms with Crippen LogP contribution in [0, 0.1) is 0 Å². The summed E-state index contributed by atoms with van der Waals surface area (Å²) in [7, 11) is 0. The van der Waals surface area contributed by atoms with Gasteiger partial charge in [0, 0.05) is 12.6 Å². The summed E-state index contributed by atoms with van der Waals surface area (Å²) < 4.78 is 6.77. The molecule has 2 saturated carbocycles. The Morgan fingerprint density at radius 1 is 1.30 bits per heavy atom. The van der Waals surface area contributed by atoms with Crippen molar-refractivity contribution in [3.05, 3.63) is 28.2 Å². The Labute approximate surface area is 128 Å². The highest BCUT2D eigenvalue weighted by Gasteiger charge is 2.32. The van der Waals surface area contributed by atoms with Gasteiger partial charge in [-0.3, -0.25) is 0 Å². The zero-order chi connectivity index (χ0) is 14.0. The number of aliphatic hydroxyl groups is 1.